The second-order valence-corrected chi connectivity index (χ2v) is 5.32. The highest BCUT2D eigenvalue weighted by Gasteiger charge is 2.20. The van der Waals surface area contributed by atoms with Crippen LogP contribution < -0.4 is 26.0 Å². The third-order valence-electron chi connectivity index (χ3n) is 3.00. The molecule has 1 aliphatic heterocycles. The van der Waals surface area contributed by atoms with Crippen LogP contribution in [0.15, 0.2) is 12.1 Å². The molecule has 0 saturated carbocycles. The number of nitrogens with one attached hydrogen (secondary N) is 2. The molecule has 21 heavy (non-hydrogen) atoms. The van der Waals surface area contributed by atoms with Crippen LogP contribution in [0.2, 0.25) is 0 Å². The number of ether oxygens (including phenoxy) is 1. The Kier molecular flexibility index (Phi) is 4.21. The fourth-order valence-electron chi connectivity index (χ4n) is 2.13. The molecule has 0 aliphatic carbocycles. The predicted octanol–water partition coefficient (Wildman–Crippen LogP) is 0.560. The average molecular weight is 292 g/mol. The zero-order valence-electron chi connectivity index (χ0n) is 12.4. The van der Waals surface area contributed by atoms with Gasteiger partial charge in [0.2, 0.25) is 5.91 Å². The van der Waals surface area contributed by atoms with Gasteiger partial charge in [-0.15, -0.1) is 0 Å². The second-order valence-electron chi connectivity index (χ2n) is 5.32. The van der Waals surface area contributed by atoms with E-state index in [1.54, 1.807) is 24.1 Å². The number of anilines is 3. The molecule has 7 nitrogen and oxygen atoms in total. The van der Waals surface area contributed by atoms with Crippen LogP contribution in [0.3, 0.4) is 0 Å². The first-order chi connectivity index (χ1) is 9.86. The number of hydrogen-bond acceptors (Lipinski definition) is 5. The standard InChI is InChI=1S/C14H20N4O3/c1-8(2)16-13(19)6-18(3)11-5-10-12(4-9(11)15)21-7-14(20)17-10/h4-5,8H,6-7,15H2,1-3H3,(H,16,19)(H,17,20). The molecule has 1 heterocycles. The summed E-state index contributed by atoms with van der Waals surface area (Å²) in [5.41, 5.74) is 7.71. The van der Waals surface area contributed by atoms with Gasteiger partial charge in [-0.3, -0.25) is 9.59 Å². The second kappa shape index (κ2) is 5.90. The molecule has 4 N–H and O–H groups in total. The topological polar surface area (TPSA) is 96.7 Å². The Morgan fingerprint density at radius 1 is 1.52 bits per heavy atom. The highest BCUT2D eigenvalue weighted by atomic mass is 16.5. The summed E-state index contributed by atoms with van der Waals surface area (Å²) in [6.45, 7) is 3.96. The van der Waals surface area contributed by atoms with Crippen molar-refractivity contribution in [2.75, 3.05) is 36.1 Å². The van der Waals surface area contributed by atoms with Gasteiger partial charge in [0, 0.05) is 19.2 Å². The fraction of sp³-hybridized carbons (Fsp3) is 0.429. The Morgan fingerprint density at radius 2 is 2.24 bits per heavy atom. The number of nitrogens with two attached hydrogens (primary N) is 1. The van der Waals surface area contributed by atoms with Gasteiger partial charge in [-0.05, 0) is 19.9 Å². The van der Waals surface area contributed by atoms with E-state index in [9.17, 15) is 9.59 Å². The highest BCUT2D eigenvalue weighted by molar-refractivity contribution is 5.97. The molecule has 0 spiro atoms. The van der Waals surface area contributed by atoms with Crippen LogP contribution in [0.5, 0.6) is 5.75 Å². The third kappa shape index (κ3) is 3.56. The summed E-state index contributed by atoms with van der Waals surface area (Å²) in [6.07, 6.45) is 0. The lowest BCUT2D eigenvalue weighted by Gasteiger charge is -2.25. The Hall–Kier alpha value is -2.44. The Balaban J connectivity index is 2.17. The summed E-state index contributed by atoms with van der Waals surface area (Å²) in [4.78, 5) is 24.9. The molecule has 2 rings (SSSR count). The molecule has 114 valence electrons. The van der Waals surface area contributed by atoms with Crippen molar-refractivity contribution in [3.8, 4) is 5.75 Å². The quantitative estimate of drug-likeness (QED) is 0.705. The van der Waals surface area contributed by atoms with E-state index >= 15 is 0 Å². The number of benzene rings is 1. The lowest BCUT2D eigenvalue weighted by molar-refractivity contribution is -0.120. The van der Waals surface area contributed by atoms with E-state index in [4.69, 9.17) is 10.5 Å². The van der Waals surface area contributed by atoms with Gasteiger partial charge in [-0.25, -0.2) is 0 Å². The average Bonchev–Trinajstić information content (AvgIpc) is 2.37. The maximum Gasteiger partial charge on any atom is 0.262 e. The number of likely N-dealkylation sites (N-methyl/N-ethyl adjacent to an activating group) is 1. The number of carbonyl (C=O) groups is 2. The SMILES string of the molecule is CC(C)NC(=O)CN(C)c1cc2c(cc1N)OCC(=O)N2. The maximum absolute atomic E-state index is 11.8. The minimum Gasteiger partial charge on any atom is -0.482 e. The molecule has 0 unspecified atom stereocenters. The van der Waals surface area contributed by atoms with Gasteiger partial charge < -0.3 is 26.0 Å². The minimum atomic E-state index is -0.210. The van der Waals surface area contributed by atoms with Crippen molar-refractivity contribution in [3.05, 3.63) is 12.1 Å². The molecule has 0 atom stereocenters. The summed E-state index contributed by atoms with van der Waals surface area (Å²) < 4.78 is 5.30. The molecule has 0 fully saturated rings. The van der Waals surface area contributed by atoms with E-state index in [-0.39, 0.29) is 31.0 Å². The lowest BCUT2D eigenvalue weighted by atomic mass is 10.2. The largest absolute Gasteiger partial charge is 0.482 e. The van der Waals surface area contributed by atoms with Gasteiger partial charge in [0.15, 0.2) is 6.61 Å². The van der Waals surface area contributed by atoms with E-state index in [0.717, 1.165) is 0 Å². The van der Waals surface area contributed by atoms with E-state index in [0.29, 0.717) is 22.8 Å². The molecule has 7 heteroatoms. The van der Waals surface area contributed by atoms with Crippen molar-refractivity contribution >= 4 is 28.9 Å². The van der Waals surface area contributed by atoms with Gasteiger partial charge >= 0.3 is 0 Å². The first-order valence-corrected chi connectivity index (χ1v) is 6.73. The number of fused-ring (bicyclic) bond motifs is 1. The van der Waals surface area contributed by atoms with Crippen molar-refractivity contribution in [2.45, 2.75) is 19.9 Å². The summed E-state index contributed by atoms with van der Waals surface area (Å²) in [7, 11) is 1.77. The van der Waals surface area contributed by atoms with Gasteiger partial charge in [-0.1, -0.05) is 0 Å². The van der Waals surface area contributed by atoms with Crippen molar-refractivity contribution in [1.82, 2.24) is 5.32 Å². The van der Waals surface area contributed by atoms with Crippen molar-refractivity contribution in [3.63, 3.8) is 0 Å². The molecule has 0 saturated heterocycles. The normalized spacial score (nSPS) is 13.2. The molecule has 0 radical (unpaired) electrons. The smallest absolute Gasteiger partial charge is 0.262 e. The zero-order valence-corrected chi connectivity index (χ0v) is 12.4. The maximum atomic E-state index is 11.8. The highest BCUT2D eigenvalue weighted by Crippen LogP contribution is 2.36. The van der Waals surface area contributed by atoms with Gasteiger partial charge in [0.05, 0.1) is 23.6 Å². The lowest BCUT2D eigenvalue weighted by Crippen LogP contribution is -2.38. The summed E-state index contributed by atoms with van der Waals surface area (Å²) in [6, 6.07) is 3.45. The molecule has 0 bridgehead atoms. The molecular formula is C14H20N4O3. The zero-order chi connectivity index (χ0) is 15.6. The number of carbonyl (C=O) groups excluding carboxylic acids is 2. The van der Waals surface area contributed by atoms with Crippen LogP contribution >= 0.6 is 0 Å². The van der Waals surface area contributed by atoms with E-state index < -0.39 is 0 Å². The van der Waals surface area contributed by atoms with Gasteiger partial charge in [0.1, 0.15) is 5.75 Å². The number of nitrogen functional groups attached to an aromatic ring is 1. The Labute approximate surface area is 123 Å². The molecular weight excluding hydrogens is 272 g/mol. The van der Waals surface area contributed by atoms with E-state index in [2.05, 4.69) is 10.6 Å². The summed E-state index contributed by atoms with van der Waals surface area (Å²) >= 11 is 0. The fourth-order valence-corrected chi connectivity index (χ4v) is 2.13. The van der Waals surface area contributed by atoms with Crippen molar-refractivity contribution < 1.29 is 14.3 Å². The van der Waals surface area contributed by atoms with Crippen LogP contribution in [-0.2, 0) is 9.59 Å². The molecule has 1 aromatic rings. The van der Waals surface area contributed by atoms with E-state index in [1.165, 1.54) is 0 Å². The summed E-state index contributed by atoms with van der Waals surface area (Å²) in [5, 5.41) is 5.54. The van der Waals surface area contributed by atoms with Crippen LogP contribution in [0.25, 0.3) is 0 Å². The molecule has 2 amide bonds. The molecule has 1 aromatic carbocycles. The van der Waals surface area contributed by atoms with Crippen LogP contribution in [0.1, 0.15) is 13.8 Å². The van der Waals surface area contributed by atoms with Crippen molar-refractivity contribution in [2.24, 2.45) is 0 Å². The molecule has 0 aromatic heterocycles. The van der Waals surface area contributed by atoms with Crippen molar-refractivity contribution in [1.29, 1.82) is 0 Å². The van der Waals surface area contributed by atoms with Crippen LogP contribution in [0.4, 0.5) is 17.1 Å². The third-order valence-corrected chi connectivity index (χ3v) is 3.00. The first-order valence-electron chi connectivity index (χ1n) is 6.73. The Bertz CT molecular complexity index is 572. The van der Waals surface area contributed by atoms with Crippen LogP contribution in [-0.4, -0.2) is 38.1 Å². The van der Waals surface area contributed by atoms with Gasteiger partial charge in [-0.2, -0.15) is 0 Å². The van der Waals surface area contributed by atoms with E-state index in [1.807, 2.05) is 13.8 Å². The predicted molar refractivity (Wildman–Crippen MR) is 81.5 cm³/mol. The molecule has 1 aliphatic rings. The summed E-state index contributed by atoms with van der Waals surface area (Å²) in [5.74, 6) is 0.235. The number of hydrogen-bond donors (Lipinski definition) is 3. The Morgan fingerprint density at radius 3 is 2.90 bits per heavy atom. The monoisotopic (exact) mass is 292 g/mol. The number of amides is 2. The number of nitrogens with zero attached hydrogens (tertiary/aromatic N) is 1. The minimum absolute atomic E-state index is 0.0155. The van der Waals surface area contributed by atoms with Crippen LogP contribution in [0, 0.1) is 0 Å². The first kappa shape index (κ1) is 15.0. The van der Waals surface area contributed by atoms with Gasteiger partial charge in [0.25, 0.3) is 5.91 Å². The number of rotatable bonds is 4.